The molecule has 3 heteroatoms. The average Bonchev–Trinajstić information content (AvgIpc) is 2.54. The van der Waals surface area contributed by atoms with Crippen molar-refractivity contribution < 1.29 is 0 Å². The van der Waals surface area contributed by atoms with Gasteiger partial charge in [-0.3, -0.25) is 0 Å². The standard InChI is InChI=1S/C10H18N2S/c1-2-13-8-7-12-6-4-10(9-12)3-5-11/h4,6,9H,2-3,5,7-8,11H2,1H3. The lowest BCUT2D eigenvalue weighted by Gasteiger charge is -2.00. The van der Waals surface area contributed by atoms with Crippen LogP contribution >= 0.6 is 11.8 Å². The van der Waals surface area contributed by atoms with Crippen molar-refractivity contribution in [1.82, 2.24) is 4.57 Å². The van der Waals surface area contributed by atoms with E-state index in [0.29, 0.717) is 0 Å². The molecule has 1 aromatic heterocycles. The molecule has 0 spiro atoms. The van der Waals surface area contributed by atoms with Crippen molar-refractivity contribution in [3.05, 3.63) is 24.0 Å². The molecule has 2 N–H and O–H groups in total. The molecule has 0 unspecified atom stereocenters. The van der Waals surface area contributed by atoms with Crippen LogP contribution in [0, 0.1) is 0 Å². The van der Waals surface area contributed by atoms with E-state index in [9.17, 15) is 0 Å². The molecule has 0 saturated carbocycles. The number of aromatic nitrogens is 1. The maximum Gasteiger partial charge on any atom is 0.0310 e. The van der Waals surface area contributed by atoms with Crippen molar-refractivity contribution in [3.63, 3.8) is 0 Å². The van der Waals surface area contributed by atoms with Crippen LogP contribution in [-0.4, -0.2) is 22.6 Å². The highest BCUT2D eigenvalue weighted by Gasteiger charge is 1.95. The van der Waals surface area contributed by atoms with Crippen molar-refractivity contribution in [2.24, 2.45) is 5.73 Å². The first-order chi connectivity index (χ1) is 6.36. The summed E-state index contributed by atoms with van der Waals surface area (Å²) in [7, 11) is 0. The number of rotatable bonds is 6. The number of hydrogen-bond donors (Lipinski definition) is 1. The topological polar surface area (TPSA) is 30.9 Å². The van der Waals surface area contributed by atoms with Gasteiger partial charge >= 0.3 is 0 Å². The van der Waals surface area contributed by atoms with Crippen LogP contribution in [0.25, 0.3) is 0 Å². The van der Waals surface area contributed by atoms with Gasteiger partial charge in [0.05, 0.1) is 0 Å². The van der Waals surface area contributed by atoms with E-state index in [4.69, 9.17) is 5.73 Å². The molecule has 0 aliphatic rings. The molecule has 74 valence electrons. The largest absolute Gasteiger partial charge is 0.353 e. The SMILES string of the molecule is CCSCCn1ccc(CCN)c1. The summed E-state index contributed by atoms with van der Waals surface area (Å²) >= 11 is 1.98. The lowest BCUT2D eigenvalue weighted by Crippen LogP contribution is -2.02. The van der Waals surface area contributed by atoms with Gasteiger partial charge in [0.25, 0.3) is 0 Å². The van der Waals surface area contributed by atoms with Crippen LogP contribution in [0.3, 0.4) is 0 Å². The summed E-state index contributed by atoms with van der Waals surface area (Å²) < 4.78 is 2.24. The lowest BCUT2D eigenvalue weighted by molar-refractivity contribution is 0.774. The third-order valence-electron chi connectivity index (χ3n) is 1.94. The summed E-state index contributed by atoms with van der Waals surface area (Å²) in [5.74, 6) is 2.41. The van der Waals surface area contributed by atoms with Gasteiger partial charge in [0, 0.05) is 24.7 Å². The predicted molar refractivity (Wildman–Crippen MR) is 60.2 cm³/mol. The zero-order valence-corrected chi connectivity index (χ0v) is 9.02. The van der Waals surface area contributed by atoms with Crippen LogP contribution in [0.15, 0.2) is 18.5 Å². The monoisotopic (exact) mass is 198 g/mol. The number of aryl methyl sites for hydroxylation is 1. The molecule has 0 amide bonds. The quantitative estimate of drug-likeness (QED) is 0.706. The highest BCUT2D eigenvalue weighted by atomic mass is 32.2. The Bertz CT molecular complexity index is 233. The van der Waals surface area contributed by atoms with Crippen LogP contribution in [-0.2, 0) is 13.0 Å². The molecule has 1 aromatic rings. The van der Waals surface area contributed by atoms with Crippen LogP contribution in [0.5, 0.6) is 0 Å². The maximum atomic E-state index is 5.48. The van der Waals surface area contributed by atoms with Gasteiger partial charge in [0.1, 0.15) is 0 Å². The zero-order valence-electron chi connectivity index (χ0n) is 8.20. The number of hydrogen-bond acceptors (Lipinski definition) is 2. The van der Waals surface area contributed by atoms with Gasteiger partial charge < -0.3 is 10.3 Å². The maximum absolute atomic E-state index is 5.48. The molecule has 0 bridgehead atoms. The first-order valence-corrected chi connectivity index (χ1v) is 5.94. The molecule has 2 nitrogen and oxygen atoms in total. The minimum atomic E-state index is 0.744. The van der Waals surface area contributed by atoms with Gasteiger partial charge in [-0.1, -0.05) is 6.92 Å². The molecule has 0 saturated heterocycles. The summed E-state index contributed by atoms with van der Waals surface area (Å²) in [5, 5.41) is 0. The summed E-state index contributed by atoms with van der Waals surface area (Å²) in [6, 6.07) is 2.16. The van der Waals surface area contributed by atoms with Gasteiger partial charge in [-0.15, -0.1) is 0 Å². The Morgan fingerprint density at radius 1 is 1.54 bits per heavy atom. The Morgan fingerprint density at radius 3 is 3.08 bits per heavy atom. The molecule has 0 radical (unpaired) electrons. The van der Waals surface area contributed by atoms with E-state index in [0.717, 1.165) is 19.5 Å². The summed E-state index contributed by atoms with van der Waals surface area (Å²) in [6.07, 6.45) is 5.33. The number of thioether (sulfide) groups is 1. The third-order valence-corrected chi connectivity index (χ3v) is 2.82. The first kappa shape index (κ1) is 10.7. The molecule has 1 rings (SSSR count). The highest BCUT2D eigenvalue weighted by molar-refractivity contribution is 7.99. The van der Waals surface area contributed by atoms with Crippen LogP contribution in [0.2, 0.25) is 0 Å². The molecule has 0 fully saturated rings. The second-order valence-corrected chi connectivity index (χ2v) is 4.39. The van der Waals surface area contributed by atoms with Crippen LogP contribution in [0.1, 0.15) is 12.5 Å². The van der Waals surface area contributed by atoms with E-state index in [1.807, 2.05) is 11.8 Å². The molecule has 13 heavy (non-hydrogen) atoms. The molecule has 0 atom stereocenters. The Labute approximate surface area is 84.5 Å². The molecule has 0 aliphatic heterocycles. The second-order valence-electron chi connectivity index (χ2n) is 2.99. The van der Waals surface area contributed by atoms with Gasteiger partial charge in [-0.2, -0.15) is 11.8 Å². The third kappa shape index (κ3) is 3.87. The van der Waals surface area contributed by atoms with Crippen molar-refractivity contribution >= 4 is 11.8 Å². The summed E-state index contributed by atoms with van der Waals surface area (Å²) in [6.45, 7) is 4.05. The van der Waals surface area contributed by atoms with E-state index >= 15 is 0 Å². The van der Waals surface area contributed by atoms with E-state index in [-0.39, 0.29) is 0 Å². The Balaban J connectivity index is 2.31. The number of nitrogens with two attached hydrogens (primary N) is 1. The fourth-order valence-corrected chi connectivity index (χ4v) is 1.89. The predicted octanol–water partition coefficient (Wildman–Crippen LogP) is 1.74. The van der Waals surface area contributed by atoms with Crippen molar-refractivity contribution in [2.75, 3.05) is 18.1 Å². The second kappa shape index (κ2) is 6.11. The molecule has 1 heterocycles. The zero-order chi connectivity index (χ0) is 9.52. The van der Waals surface area contributed by atoms with Crippen molar-refractivity contribution in [2.45, 2.75) is 19.9 Å². The van der Waals surface area contributed by atoms with E-state index < -0.39 is 0 Å². The highest BCUT2D eigenvalue weighted by Crippen LogP contribution is 2.04. The summed E-state index contributed by atoms with van der Waals surface area (Å²) in [4.78, 5) is 0. The molecule has 0 aliphatic carbocycles. The van der Waals surface area contributed by atoms with E-state index in [1.54, 1.807) is 0 Å². The Hall–Kier alpha value is -0.410. The fourth-order valence-electron chi connectivity index (χ4n) is 1.26. The Kier molecular flexibility index (Phi) is 5.01. The summed E-state index contributed by atoms with van der Waals surface area (Å²) in [5.41, 5.74) is 6.83. The van der Waals surface area contributed by atoms with Gasteiger partial charge in [-0.25, -0.2) is 0 Å². The average molecular weight is 198 g/mol. The van der Waals surface area contributed by atoms with Crippen LogP contribution < -0.4 is 5.73 Å². The minimum absolute atomic E-state index is 0.744. The van der Waals surface area contributed by atoms with E-state index in [2.05, 4.69) is 30.0 Å². The van der Waals surface area contributed by atoms with Crippen molar-refractivity contribution in [3.8, 4) is 0 Å². The normalized spacial score (nSPS) is 10.6. The van der Waals surface area contributed by atoms with Crippen molar-refractivity contribution in [1.29, 1.82) is 0 Å². The lowest BCUT2D eigenvalue weighted by atomic mass is 10.2. The van der Waals surface area contributed by atoms with Crippen LogP contribution in [0.4, 0.5) is 0 Å². The van der Waals surface area contributed by atoms with E-state index in [1.165, 1.54) is 17.1 Å². The fraction of sp³-hybridized carbons (Fsp3) is 0.600. The molecular weight excluding hydrogens is 180 g/mol. The first-order valence-electron chi connectivity index (χ1n) is 4.79. The minimum Gasteiger partial charge on any atom is -0.353 e. The van der Waals surface area contributed by atoms with Gasteiger partial charge in [-0.05, 0) is 30.3 Å². The smallest absolute Gasteiger partial charge is 0.0310 e. The number of nitrogens with zero attached hydrogens (tertiary/aromatic N) is 1. The Morgan fingerprint density at radius 2 is 2.38 bits per heavy atom. The molecule has 0 aromatic carbocycles. The molecular formula is C10H18N2S. The van der Waals surface area contributed by atoms with Gasteiger partial charge in [0.15, 0.2) is 0 Å². The van der Waals surface area contributed by atoms with Gasteiger partial charge in [0.2, 0.25) is 0 Å².